The van der Waals surface area contributed by atoms with Gasteiger partial charge in [0, 0.05) is 35.7 Å². The molecule has 1 aliphatic rings. The molecular formula is C23H17Cl2N3O2. The van der Waals surface area contributed by atoms with Crippen molar-refractivity contribution >= 4 is 46.3 Å². The summed E-state index contributed by atoms with van der Waals surface area (Å²) in [4.78, 5) is 33.8. The molecule has 0 atom stereocenters. The fourth-order valence-corrected chi connectivity index (χ4v) is 3.91. The second kappa shape index (κ2) is 8.30. The highest BCUT2D eigenvalue weighted by Crippen LogP contribution is 2.37. The lowest BCUT2D eigenvalue weighted by molar-refractivity contribution is -0.137. The highest BCUT2D eigenvalue weighted by Gasteiger charge is 2.41. The third-order valence-electron chi connectivity index (χ3n) is 4.89. The molecule has 2 heterocycles. The molecule has 7 heteroatoms. The number of halogens is 2. The van der Waals surface area contributed by atoms with Gasteiger partial charge in [0.15, 0.2) is 0 Å². The van der Waals surface area contributed by atoms with Crippen LogP contribution >= 0.6 is 23.2 Å². The van der Waals surface area contributed by atoms with Crippen molar-refractivity contribution in [2.24, 2.45) is 0 Å². The number of likely N-dealkylation sites (N-methyl/N-ethyl adjacent to an activating group) is 1. The molecule has 0 aliphatic carbocycles. The van der Waals surface area contributed by atoms with Crippen LogP contribution in [-0.2, 0) is 16.1 Å². The Morgan fingerprint density at radius 2 is 1.73 bits per heavy atom. The normalized spacial score (nSPS) is 13.9. The number of aromatic nitrogens is 1. The first-order valence-corrected chi connectivity index (χ1v) is 9.96. The van der Waals surface area contributed by atoms with Crippen LogP contribution in [0.25, 0.3) is 5.57 Å². The molecule has 5 nitrogen and oxygen atoms in total. The largest absolute Gasteiger partial charge is 0.339 e. The number of para-hydroxylation sites is 1. The lowest BCUT2D eigenvalue weighted by Gasteiger charge is -2.21. The van der Waals surface area contributed by atoms with Crippen molar-refractivity contribution in [3.8, 4) is 0 Å². The maximum absolute atomic E-state index is 13.4. The summed E-state index contributed by atoms with van der Waals surface area (Å²) in [5.41, 5.74) is 2.51. The van der Waals surface area contributed by atoms with Crippen LogP contribution in [-0.4, -0.2) is 28.7 Å². The van der Waals surface area contributed by atoms with Crippen molar-refractivity contribution < 1.29 is 9.59 Å². The molecule has 0 saturated carbocycles. The van der Waals surface area contributed by atoms with Crippen LogP contribution in [0.1, 0.15) is 11.1 Å². The summed E-state index contributed by atoms with van der Waals surface area (Å²) >= 11 is 12.5. The molecule has 2 aromatic carbocycles. The van der Waals surface area contributed by atoms with E-state index in [1.54, 1.807) is 48.6 Å². The number of nitrogens with zero attached hydrogens (tertiary/aromatic N) is 3. The Morgan fingerprint density at radius 3 is 2.40 bits per heavy atom. The Hall–Kier alpha value is -3.15. The second-order valence-electron chi connectivity index (χ2n) is 6.80. The van der Waals surface area contributed by atoms with Crippen molar-refractivity contribution in [1.29, 1.82) is 0 Å². The Morgan fingerprint density at radius 1 is 0.967 bits per heavy atom. The summed E-state index contributed by atoms with van der Waals surface area (Å²) in [5.74, 6) is -0.804. The van der Waals surface area contributed by atoms with E-state index in [1.807, 2.05) is 36.4 Å². The summed E-state index contributed by atoms with van der Waals surface area (Å²) in [6.45, 7) is 0.117. The van der Waals surface area contributed by atoms with Gasteiger partial charge >= 0.3 is 0 Å². The van der Waals surface area contributed by atoms with Crippen molar-refractivity contribution in [3.05, 3.63) is 99.9 Å². The molecule has 0 bridgehead atoms. The lowest BCUT2D eigenvalue weighted by Crippen LogP contribution is -2.33. The first kappa shape index (κ1) is 20.1. The van der Waals surface area contributed by atoms with Crippen LogP contribution in [0, 0.1) is 0 Å². The van der Waals surface area contributed by atoms with Crippen LogP contribution in [0.4, 0.5) is 5.69 Å². The SMILES string of the molecule is CN(C1=C(c2ccc(Cl)cc2Cl)C(=O)N(Cc2cccnc2)C1=O)c1ccccc1. The number of imide groups is 1. The standard InChI is InChI=1S/C23H17Cl2N3O2/c1-27(17-7-3-2-4-8-17)21-20(18-10-9-16(24)12-19(18)25)22(29)28(23(21)30)14-15-6-5-11-26-13-15/h2-13H,14H2,1H3. The lowest BCUT2D eigenvalue weighted by atomic mass is 10.0. The van der Waals surface area contributed by atoms with Gasteiger partial charge in [-0.15, -0.1) is 0 Å². The molecule has 4 rings (SSSR count). The number of hydrogen-bond donors (Lipinski definition) is 0. The summed E-state index contributed by atoms with van der Waals surface area (Å²) in [7, 11) is 1.76. The molecule has 0 fully saturated rings. The number of anilines is 1. The molecule has 0 N–H and O–H groups in total. The van der Waals surface area contributed by atoms with Gasteiger partial charge in [-0.05, 0) is 35.9 Å². The van der Waals surface area contributed by atoms with E-state index >= 15 is 0 Å². The predicted molar refractivity (Wildman–Crippen MR) is 118 cm³/mol. The molecule has 0 saturated heterocycles. The van der Waals surface area contributed by atoms with Crippen molar-refractivity contribution in [3.63, 3.8) is 0 Å². The highest BCUT2D eigenvalue weighted by molar-refractivity contribution is 6.41. The Balaban J connectivity index is 1.83. The monoisotopic (exact) mass is 437 g/mol. The summed E-state index contributed by atoms with van der Waals surface area (Å²) < 4.78 is 0. The smallest absolute Gasteiger partial charge is 0.278 e. The van der Waals surface area contributed by atoms with Crippen LogP contribution in [0.3, 0.4) is 0 Å². The zero-order valence-electron chi connectivity index (χ0n) is 16.0. The Bertz CT molecular complexity index is 1150. The predicted octanol–water partition coefficient (Wildman–Crippen LogP) is 4.80. The summed E-state index contributed by atoms with van der Waals surface area (Å²) in [6, 6.07) is 17.8. The van der Waals surface area contributed by atoms with Crippen LogP contribution in [0.2, 0.25) is 10.0 Å². The number of carbonyl (C=O) groups excluding carboxylic acids is 2. The van der Waals surface area contributed by atoms with Crippen molar-refractivity contribution in [2.45, 2.75) is 6.54 Å². The number of pyridine rings is 1. The average molecular weight is 438 g/mol. The van der Waals surface area contributed by atoms with Crippen LogP contribution in [0.5, 0.6) is 0 Å². The minimum Gasteiger partial charge on any atom is -0.339 e. The quantitative estimate of drug-likeness (QED) is 0.537. The molecule has 0 spiro atoms. The molecule has 1 aliphatic heterocycles. The molecule has 2 amide bonds. The first-order valence-electron chi connectivity index (χ1n) is 9.21. The number of carbonyl (C=O) groups is 2. The maximum Gasteiger partial charge on any atom is 0.278 e. The van der Waals surface area contributed by atoms with E-state index in [1.165, 1.54) is 4.90 Å². The minimum absolute atomic E-state index is 0.117. The van der Waals surface area contributed by atoms with E-state index in [-0.39, 0.29) is 17.8 Å². The molecule has 0 radical (unpaired) electrons. The summed E-state index contributed by atoms with van der Waals surface area (Å²) in [5, 5.41) is 0.757. The van der Waals surface area contributed by atoms with Crippen LogP contribution < -0.4 is 4.90 Å². The second-order valence-corrected chi connectivity index (χ2v) is 7.64. The minimum atomic E-state index is -0.411. The van der Waals surface area contributed by atoms with Gasteiger partial charge < -0.3 is 4.90 Å². The summed E-state index contributed by atoms with van der Waals surface area (Å²) in [6.07, 6.45) is 3.28. The fraction of sp³-hybridized carbons (Fsp3) is 0.0870. The number of amides is 2. The van der Waals surface area contributed by atoms with Gasteiger partial charge in [-0.1, -0.05) is 53.5 Å². The third-order valence-corrected chi connectivity index (χ3v) is 5.43. The maximum atomic E-state index is 13.4. The fourth-order valence-electron chi connectivity index (χ4n) is 3.41. The van der Waals surface area contributed by atoms with Gasteiger partial charge in [-0.3, -0.25) is 19.5 Å². The van der Waals surface area contributed by atoms with Gasteiger partial charge in [0.05, 0.1) is 17.1 Å². The van der Waals surface area contributed by atoms with E-state index in [0.717, 1.165) is 11.3 Å². The van der Waals surface area contributed by atoms with E-state index in [4.69, 9.17) is 23.2 Å². The Kier molecular flexibility index (Phi) is 5.57. The molecule has 3 aromatic rings. The highest BCUT2D eigenvalue weighted by atomic mass is 35.5. The van der Waals surface area contributed by atoms with E-state index in [2.05, 4.69) is 4.98 Å². The van der Waals surface area contributed by atoms with Crippen LogP contribution in [0.15, 0.2) is 78.8 Å². The number of benzene rings is 2. The van der Waals surface area contributed by atoms with E-state index < -0.39 is 11.8 Å². The molecule has 1 aromatic heterocycles. The van der Waals surface area contributed by atoms with E-state index in [9.17, 15) is 9.59 Å². The molecule has 30 heavy (non-hydrogen) atoms. The number of hydrogen-bond acceptors (Lipinski definition) is 4. The van der Waals surface area contributed by atoms with Gasteiger partial charge in [-0.2, -0.15) is 0 Å². The zero-order chi connectivity index (χ0) is 21.3. The molecule has 0 unspecified atom stereocenters. The zero-order valence-corrected chi connectivity index (χ0v) is 17.6. The molecular weight excluding hydrogens is 421 g/mol. The number of rotatable bonds is 5. The van der Waals surface area contributed by atoms with Crippen molar-refractivity contribution in [1.82, 2.24) is 9.88 Å². The van der Waals surface area contributed by atoms with Gasteiger partial charge in [0.1, 0.15) is 5.70 Å². The van der Waals surface area contributed by atoms with E-state index in [0.29, 0.717) is 15.6 Å². The van der Waals surface area contributed by atoms with Crippen molar-refractivity contribution in [2.75, 3.05) is 11.9 Å². The van der Waals surface area contributed by atoms with Gasteiger partial charge in [0.2, 0.25) is 0 Å². The first-order chi connectivity index (χ1) is 14.5. The topological polar surface area (TPSA) is 53.5 Å². The Labute approximate surface area is 184 Å². The average Bonchev–Trinajstić information content (AvgIpc) is 2.99. The van der Waals surface area contributed by atoms with Gasteiger partial charge in [-0.25, -0.2) is 0 Å². The molecule has 150 valence electrons. The third kappa shape index (κ3) is 3.70. The van der Waals surface area contributed by atoms with Gasteiger partial charge in [0.25, 0.3) is 11.8 Å².